The molecule has 1 fully saturated rings. The quantitative estimate of drug-likeness (QED) is 0.215. The number of ether oxygens (including phenoxy) is 3. The maximum atomic E-state index is 13.3. The van der Waals surface area contributed by atoms with Crippen molar-refractivity contribution < 1.29 is 28.5 Å². The molecule has 0 saturated carbocycles. The number of likely N-dealkylation sites (tertiary alicyclic amines) is 1. The van der Waals surface area contributed by atoms with Gasteiger partial charge in [0.05, 0.1) is 24.3 Å². The first-order valence-electron chi connectivity index (χ1n) is 13.5. The van der Waals surface area contributed by atoms with Gasteiger partial charge in [0.15, 0.2) is 0 Å². The van der Waals surface area contributed by atoms with E-state index >= 15 is 0 Å². The Morgan fingerprint density at radius 1 is 1.02 bits per heavy atom. The minimum atomic E-state index is -0.882. The molecule has 1 aliphatic rings. The van der Waals surface area contributed by atoms with E-state index in [0.29, 0.717) is 42.6 Å². The first-order chi connectivity index (χ1) is 19.1. The van der Waals surface area contributed by atoms with Gasteiger partial charge in [0, 0.05) is 37.5 Å². The van der Waals surface area contributed by atoms with Gasteiger partial charge < -0.3 is 24.2 Å². The Hall–Kier alpha value is -3.13. The van der Waals surface area contributed by atoms with E-state index in [4.69, 9.17) is 25.8 Å². The summed E-state index contributed by atoms with van der Waals surface area (Å²) in [6.07, 6.45) is 1.82. The topological polar surface area (TPSA) is 68.2 Å². The number of methoxy groups -OCH3 is 1. The van der Waals surface area contributed by atoms with Gasteiger partial charge >= 0.3 is 5.97 Å². The molecule has 0 spiro atoms. The molecule has 1 atom stereocenters. The highest BCUT2D eigenvalue weighted by Crippen LogP contribution is 2.41. The van der Waals surface area contributed by atoms with E-state index < -0.39 is 11.6 Å². The maximum Gasteiger partial charge on any atom is 0.341 e. The summed E-state index contributed by atoms with van der Waals surface area (Å²) in [7, 11) is 1.31. The largest absolute Gasteiger partial charge is 0.492 e. The first kappa shape index (κ1) is 29.8. The molecule has 40 heavy (non-hydrogen) atoms. The van der Waals surface area contributed by atoms with Gasteiger partial charge in [-0.25, -0.2) is 9.18 Å². The van der Waals surface area contributed by atoms with Crippen molar-refractivity contribution in [2.75, 3.05) is 33.4 Å². The van der Waals surface area contributed by atoms with Gasteiger partial charge in [0.25, 0.3) is 0 Å². The van der Waals surface area contributed by atoms with Crippen LogP contribution < -0.4 is 9.47 Å². The molecular weight excluding hydrogens is 533 g/mol. The number of nitrogens with zero attached hydrogens (tertiary/aromatic N) is 1. The van der Waals surface area contributed by atoms with Crippen LogP contribution in [0.5, 0.6) is 11.5 Å². The number of esters is 1. The number of benzene rings is 3. The maximum absolute atomic E-state index is 13.3. The number of hydrogen-bond donors (Lipinski definition) is 1. The molecule has 8 heteroatoms. The van der Waals surface area contributed by atoms with Crippen LogP contribution in [0.3, 0.4) is 0 Å². The highest BCUT2D eigenvalue weighted by Gasteiger charge is 2.47. The molecule has 214 valence electrons. The Kier molecular flexibility index (Phi) is 9.72. The Morgan fingerprint density at radius 3 is 2.42 bits per heavy atom. The summed E-state index contributed by atoms with van der Waals surface area (Å²) >= 11 is 6.41. The second-order valence-corrected chi connectivity index (χ2v) is 11.4. The molecule has 1 saturated heterocycles. The summed E-state index contributed by atoms with van der Waals surface area (Å²) in [4.78, 5) is 14.7. The summed E-state index contributed by atoms with van der Waals surface area (Å²) in [6, 6.07) is 19.2. The van der Waals surface area contributed by atoms with Crippen LogP contribution in [0.1, 0.15) is 48.2 Å². The summed E-state index contributed by atoms with van der Waals surface area (Å²) in [5.74, 6) is -0.0386. The molecule has 4 rings (SSSR count). The molecule has 0 bridgehead atoms. The molecule has 1 heterocycles. The van der Waals surface area contributed by atoms with Crippen LogP contribution in [0.4, 0.5) is 4.39 Å². The van der Waals surface area contributed by atoms with Gasteiger partial charge in [-0.05, 0) is 42.2 Å². The Balaban J connectivity index is 1.34. The number of carbonyl (C=O) groups is 1. The molecule has 1 unspecified atom stereocenters. The predicted molar refractivity (Wildman–Crippen MR) is 154 cm³/mol. The van der Waals surface area contributed by atoms with Crippen LogP contribution in [0.25, 0.3) is 0 Å². The SMILES string of the molecule is COC(=O)c1cc(Cl)c(OCc2ccccc2)cc1OCCCN1CCC(O)(Cc2ccc(F)cc2)C(C)(C)C1. The van der Waals surface area contributed by atoms with Gasteiger partial charge in [-0.3, -0.25) is 0 Å². The van der Waals surface area contributed by atoms with Crippen molar-refractivity contribution >= 4 is 17.6 Å². The smallest absolute Gasteiger partial charge is 0.341 e. The molecular formula is C32H37ClFNO5. The Labute approximate surface area is 240 Å². The van der Waals surface area contributed by atoms with Crippen molar-refractivity contribution in [2.24, 2.45) is 5.41 Å². The van der Waals surface area contributed by atoms with Gasteiger partial charge in [0.1, 0.15) is 29.5 Å². The number of piperidine rings is 1. The Morgan fingerprint density at radius 2 is 1.75 bits per heavy atom. The first-order valence-corrected chi connectivity index (χ1v) is 13.9. The fourth-order valence-corrected chi connectivity index (χ4v) is 5.38. The number of rotatable bonds is 11. The summed E-state index contributed by atoms with van der Waals surface area (Å²) in [6.45, 7) is 7.09. The van der Waals surface area contributed by atoms with Crippen LogP contribution in [0, 0.1) is 11.2 Å². The minimum absolute atomic E-state index is 0.240. The normalized spacial score (nSPS) is 18.8. The molecule has 3 aromatic rings. The van der Waals surface area contributed by atoms with Crippen LogP contribution in [-0.2, 0) is 17.8 Å². The van der Waals surface area contributed by atoms with Gasteiger partial charge in [-0.1, -0.05) is 67.9 Å². The minimum Gasteiger partial charge on any atom is -0.492 e. The van der Waals surface area contributed by atoms with E-state index in [0.717, 1.165) is 37.2 Å². The van der Waals surface area contributed by atoms with Gasteiger partial charge in [0.2, 0.25) is 0 Å². The highest BCUT2D eigenvalue weighted by atomic mass is 35.5. The highest BCUT2D eigenvalue weighted by molar-refractivity contribution is 6.32. The van der Waals surface area contributed by atoms with Gasteiger partial charge in [-0.15, -0.1) is 0 Å². The lowest BCUT2D eigenvalue weighted by Crippen LogP contribution is -2.58. The van der Waals surface area contributed by atoms with Crippen LogP contribution in [0.2, 0.25) is 5.02 Å². The average Bonchev–Trinajstić information content (AvgIpc) is 2.94. The molecule has 1 N–H and O–H groups in total. The van der Waals surface area contributed by atoms with Crippen molar-refractivity contribution in [3.05, 3.63) is 94.3 Å². The Bertz CT molecular complexity index is 1280. The zero-order valence-corrected chi connectivity index (χ0v) is 24.0. The standard InChI is InChI=1S/C32H37ClFNO5/c1-31(2)22-35(16-14-32(31,37)20-23-10-12-25(34)13-11-23)15-7-17-39-28-19-29(27(33)18-26(28)30(36)38-3)40-21-24-8-5-4-6-9-24/h4-6,8-13,18-19,37H,7,14-17,20-22H2,1-3H3. The second kappa shape index (κ2) is 13.0. The monoisotopic (exact) mass is 569 g/mol. The molecule has 0 amide bonds. The third kappa shape index (κ3) is 7.33. The van der Waals surface area contributed by atoms with E-state index in [2.05, 4.69) is 18.7 Å². The van der Waals surface area contributed by atoms with Crippen molar-refractivity contribution in [1.29, 1.82) is 0 Å². The van der Waals surface area contributed by atoms with E-state index in [1.165, 1.54) is 25.3 Å². The van der Waals surface area contributed by atoms with E-state index in [1.54, 1.807) is 18.2 Å². The summed E-state index contributed by atoms with van der Waals surface area (Å²) in [5, 5.41) is 11.8. The lowest BCUT2D eigenvalue weighted by Gasteiger charge is -2.50. The van der Waals surface area contributed by atoms with E-state index in [-0.39, 0.29) is 16.8 Å². The fraction of sp³-hybridized carbons (Fsp3) is 0.406. The van der Waals surface area contributed by atoms with Crippen molar-refractivity contribution in [1.82, 2.24) is 4.90 Å². The molecule has 6 nitrogen and oxygen atoms in total. The zero-order chi connectivity index (χ0) is 28.8. The molecule has 1 aliphatic heterocycles. The average molecular weight is 570 g/mol. The number of aliphatic hydroxyl groups is 1. The predicted octanol–water partition coefficient (Wildman–Crippen LogP) is 6.32. The van der Waals surface area contributed by atoms with Crippen molar-refractivity contribution in [3.8, 4) is 11.5 Å². The van der Waals surface area contributed by atoms with Crippen LogP contribution in [-0.4, -0.2) is 54.9 Å². The molecule has 0 aliphatic carbocycles. The van der Waals surface area contributed by atoms with E-state index in [9.17, 15) is 14.3 Å². The lowest BCUT2D eigenvalue weighted by molar-refractivity contribution is -0.118. The number of hydrogen-bond acceptors (Lipinski definition) is 6. The summed E-state index contributed by atoms with van der Waals surface area (Å²) < 4.78 is 30.2. The summed E-state index contributed by atoms with van der Waals surface area (Å²) in [5.41, 5.74) is 0.916. The van der Waals surface area contributed by atoms with Gasteiger partial charge in [-0.2, -0.15) is 0 Å². The van der Waals surface area contributed by atoms with Crippen molar-refractivity contribution in [2.45, 2.75) is 45.3 Å². The second-order valence-electron chi connectivity index (χ2n) is 11.0. The lowest BCUT2D eigenvalue weighted by atomic mass is 9.67. The third-order valence-corrected chi connectivity index (χ3v) is 7.98. The molecule has 0 aromatic heterocycles. The van der Waals surface area contributed by atoms with E-state index in [1.807, 2.05) is 30.3 Å². The number of carbonyl (C=O) groups excluding carboxylic acids is 1. The third-order valence-electron chi connectivity index (χ3n) is 7.68. The zero-order valence-electron chi connectivity index (χ0n) is 23.3. The van der Waals surface area contributed by atoms with Crippen LogP contribution >= 0.6 is 11.6 Å². The van der Waals surface area contributed by atoms with Crippen LogP contribution in [0.15, 0.2) is 66.7 Å². The van der Waals surface area contributed by atoms with Crippen molar-refractivity contribution in [3.63, 3.8) is 0 Å². The molecule has 0 radical (unpaired) electrons. The molecule has 3 aromatic carbocycles. The fourth-order valence-electron chi connectivity index (χ4n) is 5.17. The number of halogens is 2.